The number of aliphatic hydroxyl groups is 2. The number of carbonyl (C=O) groups is 1. The second-order valence-electron chi connectivity index (χ2n) is 13.5. The summed E-state index contributed by atoms with van der Waals surface area (Å²) in [6.45, 7) is 6.24. The quantitative estimate of drug-likeness (QED) is 0.148. The van der Waals surface area contributed by atoms with Crippen molar-refractivity contribution in [2.45, 2.75) is 65.2 Å². The van der Waals surface area contributed by atoms with E-state index in [1.807, 2.05) is 48.5 Å². The maximum absolute atomic E-state index is 13.8. The van der Waals surface area contributed by atoms with Crippen molar-refractivity contribution >= 4 is 39.7 Å². The summed E-state index contributed by atoms with van der Waals surface area (Å²) in [4.78, 5) is 18.6. The van der Waals surface area contributed by atoms with Crippen LogP contribution in [0.1, 0.15) is 87.5 Å². The minimum Gasteiger partial charge on any atom is -0.506 e. The van der Waals surface area contributed by atoms with Gasteiger partial charge in [0.25, 0.3) is 0 Å². The van der Waals surface area contributed by atoms with Crippen molar-refractivity contribution in [2.75, 3.05) is 22.9 Å². The van der Waals surface area contributed by atoms with E-state index in [4.69, 9.17) is 0 Å². The normalized spacial score (nSPS) is 14.9. The first kappa shape index (κ1) is 33.2. The number of nitrogens with zero attached hydrogens (tertiary/aromatic N) is 2. The van der Waals surface area contributed by atoms with Crippen LogP contribution in [0.5, 0.6) is 0 Å². The minimum absolute atomic E-state index is 0.0975. The molecule has 4 aromatic rings. The third-order valence-electron chi connectivity index (χ3n) is 10.2. The van der Waals surface area contributed by atoms with Crippen molar-refractivity contribution in [2.24, 2.45) is 0 Å². The number of Topliss-reactive ketones (excluding diaryl/α,β-unsaturated/α-hetero) is 1. The predicted octanol–water partition coefficient (Wildman–Crippen LogP) is 11.5. The number of carbonyl (C=O) groups excluding carboxylic acids is 1. The van der Waals surface area contributed by atoms with E-state index in [2.05, 4.69) is 72.2 Å². The SMILES string of the molecule is CCCCCCN1c2ccccc2C(=CC2=C(O)C(C=C3c4ccccc4N(CCCCCC)c4ccccc43)=C(O)C2=O)c2ccccc21. The van der Waals surface area contributed by atoms with Gasteiger partial charge in [-0.1, -0.05) is 125 Å². The fourth-order valence-corrected chi connectivity index (χ4v) is 7.66. The van der Waals surface area contributed by atoms with Crippen LogP contribution in [-0.2, 0) is 4.79 Å². The molecule has 7 rings (SSSR count). The third-order valence-corrected chi connectivity index (χ3v) is 10.2. The third kappa shape index (κ3) is 6.06. The van der Waals surface area contributed by atoms with E-state index in [-0.39, 0.29) is 16.9 Å². The van der Waals surface area contributed by atoms with Gasteiger partial charge < -0.3 is 20.0 Å². The molecule has 0 aromatic heterocycles. The Hall–Kier alpha value is -5.29. The van der Waals surface area contributed by atoms with Crippen LogP contribution in [-0.4, -0.2) is 29.1 Å². The molecule has 2 heterocycles. The monoisotopic (exact) mass is 662 g/mol. The molecule has 50 heavy (non-hydrogen) atoms. The van der Waals surface area contributed by atoms with Gasteiger partial charge in [0.05, 0.1) is 11.1 Å². The molecule has 0 bridgehead atoms. The van der Waals surface area contributed by atoms with Gasteiger partial charge in [0.2, 0.25) is 5.78 Å². The molecule has 5 nitrogen and oxygen atoms in total. The van der Waals surface area contributed by atoms with Gasteiger partial charge in [-0.15, -0.1) is 0 Å². The Kier molecular flexibility index (Phi) is 9.75. The molecule has 0 amide bonds. The first-order chi connectivity index (χ1) is 24.5. The maximum atomic E-state index is 13.8. The van der Waals surface area contributed by atoms with Crippen LogP contribution >= 0.6 is 0 Å². The highest BCUT2D eigenvalue weighted by atomic mass is 16.3. The summed E-state index contributed by atoms with van der Waals surface area (Å²) in [6.07, 6.45) is 12.9. The Morgan fingerprint density at radius 1 is 0.480 bits per heavy atom. The summed E-state index contributed by atoms with van der Waals surface area (Å²) >= 11 is 0. The van der Waals surface area contributed by atoms with Crippen LogP contribution in [0.15, 0.2) is 132 Å². The molecule has 0 atom stereocenters. The van der Waals surface area contributed by atoms with Crippen molar-refractivity contribution in [3.63, 3.8) is 0 Å². The van der Waals surface area contributed by atoms with E-state index < -0.39 is 11.5 Å². The van der Waals surface area contributed by atoms with Crippen LogP contribution < -0.4 is 9.80 Å². The topological polar surface area (TPSA) is 64.0 Å². The molecule has 3 aliphatic rings. The second kappa shape index (κ2) is 14.7. The fourth-order valence-electron chi connectivity index (χ4n) is 7.66. The zero-order valence-electron chi connectivity index (χ0n) is 29.2. The number of rotatable bonds is 12. The van der Waals surface area contributed by atoms with Crippen LogP contribution in [0, 0.1) is 0 Å². The second-order valence-corrected chi connectivity index (χ2v) is 13.5. The van der Waals surface area contributed by atoms with Crippen LogP contribution in [0.3, 0.4) is 0 Å². The number of hydrogen-bond donors (Lipinski definition) is 2. The summed E-state index contributed by atoms with van der Waals surface area (Å²) < 4.78 is 0. The number of hydrogen-bond acceptors (Lipinski definition) is 5. The largest absolute Gasteiger partial charge is 0.506 e. The Morgan fingerprint density at radius 3 is 1.22 bits per heavy atom. The highest BCUT2D eigenvalue weighted by Crippen LogP contribution is 2.48. The molecule has 2 aliphatic heterocycles. The highest BCUT2D eigenvalue weighted by molar-refractivity contribution is 6.16. The Morgan fingerprint density at radius 2 is 0.840 bits per heavy atom. The molecule has 5 heteroatoms. The van der Waals surface area contributed by atoms with Crippen LogP contribution in [0.25, 0.3) is 11.1 Å². The average molecular weight is 663 g/mol. The van der Waals surface area contributed by atoms with E-state index in [1.165, 1.54) is 38.5 Å². The molecule has 0 unspecified atom stereocenters. The van der Waals surface area contributed by atoms with Gasteiger partial charge >= 0.3 is 0 Å². The van der Waals surface area contributed by atoms with Gasteiger partial charge in [0.1, 0.15) is 5.76 Å². The van der Waals surface area contributed by atoms with Crippen molar-refractivity contribution in [3.8, 4) is 0 Å². The van der Waals surface area contributed by atoms with Gasteiger partial charge in [-0.25, -0.2) is 0 Å². The van der Waals surface area contributed by atoms with Gasteiger partial charge in [0, 0.05) is 58.1 Å². The average Bonchev–Trinajstić information content (AvgIpc) is 3.35. The molecule has 1 aliphatic carbocycles. The number of allylic oxidation sites excluding steroid dienone is 3. The number of benzene rings is 4. The highest BCUT2D eigenvalue weighted by Gasteiger charge is 2.34. The molecular weight excluding hydrogens is 617 g/mol. The van der Waals surface area contributed by atoms with E-state index in [0.29, 0.717) is 0 Å². The smallest absolute Gasteiger partial charge is 0.231 e. The molecule has 254 valence electrons. The molecule has 0 radical (unpaired) electrons. The zero-order chi connectivity index (χ0) is 34.6. The molecule has 0 fully saturated rings. The summed E-state index contributed by atoms with van der Waals surface area (Å²) in [5.41, 5.74) is 10.3. The van der Waals surface area contributed by atoms with Crippen LogP contribution in [0.2, 0.25) is 0 Å². The number of ketones is 1. The van der Waals surface area contributed by atoms with Gasteiger partial charge in [-0.2, -0.15) is 0 Å². The predicted molar refractivity (Wildman–Crippen MR) is 207 cm³/mol. The first-order valence-electron chi connectivity index (χ1n) is 18.3. The van der Waals surface area contributed by atoms with Crippen molar-refractivity contribution in [1.29, 1.82) is 0 Å². The Bertz CT molecular complexity index is 1950. The molecule has 4 aromatic carbocycles. The number of aliphatic hydroxyl groups excluding tert-OH is 2. The van der Waals surface area contributed by atoms with E-state index in [1.54, 1.807) is 12.2 Å². The van der Waals surface area contributed by atoms with Crippen molar-refractivity contribution < 1.29 is 15.0 Å². The molecule has 0 spiro atoms. The summed E-state index contributed by atoms with van der Waals surface area (Å²) in [5.74, 6) is -1.22. The van der Waals surface area contributed by atoms with Crippen molar-refractivity contribution in [3.05, 3.63) is 154 Å². The maximum Gasteiger partial charge on any atom is 0.231 e. The van der Waals surface area contributed by atoms with Gasteiger partial charge in [-0.3, -0.25) is 4.79 Å². The number of para-hydroxylation sites is 4. The van der Waals surface area contributed by atoms with Crippen LogP contribution in [0.4, 0.5) is 22.7 Å². The molecule has 2 N–H and O–H groups in total. The van der Waals surface area contributed by atoms with E-state index in [9.17, 15) is 15.0 Å². The van der Waals surface area contributed by atoms with Gasteiger partial charge in [-0.05, 0) is 60.4 Å². The number of unbranched alkanes of at least 4 members (excludes halogenated alkanes) is 6. The Labute approximate surface area is 296 Å². The lowest BCUT2D eigenvalue weighted by atomic mass is 9.88. The lowest BCUT2D eigenvalue weighted by Crippen LogP contribution is -2.24. The molecular formula is C45H46N2O3. The van der Waals surface area contributed by atoms with Crippen molar-refractivity contribution in [1.82, 2.24) is 0 Å². The lowest BCUT2D eigenvalue weighted by molar-refractivity contribution is -0.114. The first-order valence-corrected chi connectivity index (χ1v) is 18.3. The standard InChI is InChI=1S/C45H46N2O3/c1-3-5-7-17-27-46-39-23-13-9-19-31(39)35(32-20-10-14-24-40(32)46)29-37-43(48)38(45(50)44(37)49)30-36-33-21-11-15-25-41(33)47(28-18-8-6-4-2)42-26-16-12-22-34(36)42/h9-16,19-26,29-30,48H,3-8,17-18,27-28H2,1-2H3,(H,49,50). The summed E-state index contributed by atoms with van der Waals surface area (Å²) in [7, 11) is 0. The molecule has 0 saturated heterocycles. The summed E-state index contributed by atoms with van der Waals surface area (Å²) in [5, 5.41) is 23.2. The zero-order valence-corrected chi connectivity index (χ0v) is 29.2. The lowest BCUT2D eigenvalue weighted by Gasteiger charge is -2.35. The fraction of sp³-hybridized carbons (Fsp3) is 0.267. The summed E-state index contributed by atoms with van der Waals surface area (Å²) in [6, 6.07) is 33.1. The molecule has 0 saturated carbocycles. The number of anilines is 4. The van der Waals surface area contributed by atoms with Gasteiger partial charge in [0.15, 0.2) is 5.76 Å². The minimum atomic E-state index is -0.575. The Balaban J connectivity index is 1.30. The van der Waals surface area contributed by atoms with E-state index >= 15 is 0 Å². The van der Waals surface area contributed by atoms with E-state index in [0.717, 1.165) is 82.1 Å². The number of fused-ring (bicyclic) bond motifs is 4.